The lowest BCUT2D eigenvalue weighted by Gasteiger charge is -2.17. The van der Waals surface area contributed by atoms with Gasteiger partial charge in [0.1, 0.15) is 5.82 Å². The van der Waals surface area contributed by atoms with Gasteiger partial charge < -0.3 is 5.32 Å². The molecule has 0 fully saturated rings. The Hall–Kier alpha value is -1.46. The molecule has 1 aliphatic heterocycles. The number of nitrogens with zero attached hydrogens (tertiary/aromatic N) is 2. The zero-order valence-corrected chi connectivity index (χ0v) is 14.1. The summed E-state index contributed by atoms with van der Waals surface area (Å²) in [7, 11) is 0. The number of benzene rings is 1. The number of carbonyl (C=O) groups is 1. The van der Waals surface area contributed by atoms with Gasteiger partial charge in [0.05, 0.1) is 18.5 Å². The highest BCUT2D eigenvalue weighted by Gasteiger charge is 2.28. The van der Waals surface area contributed by atoms with Gasteiger partial charge in [0.15, 0.2) is 0 Å². The molecule has 1 aromatic carbocycles. The molecule has 0 spiro atoms. The lowest BCUT2D eigenvalue weighted by atomic mass is 10.0. The van der Waals surface area contributed by atoms with E-state index in [1.54, 1.807) is 11.8 Å². The van der Waals surface area contributed by atoms with Crippen LogP contribution in [0.2, 0.25) is 5.02 Å². The summed E-state index contributed by atoms with van der Waals surface area (Å²) in [6.07, 6.45) is 1.87. The maximum atomic E-state index is 12.0. The molecule has 0 unspecified atom stereocenters. The summed E-state index contributed by atoms with van der Waals surface area (Å²) in [5.41, 5.74) is 2.08. The third-order valence-corrected chi connectivity index (χ3v) is 5.66. The monoisotopic (exact) mass is 335 g/mol. The summed E-state index contributed by atoms with van der Waals surface area (Å²) in [5.74, 6) is 1.74. The van der Waals surface area contributed by atoms with Gasteiger partial charge in [-0.1, -0.05) is 43.6 Å². The van der Waals surface area contributed by atoms with Crippen LogP contribution >= 0.6 is 23.4 Å². The van der Waals surface area contributed by atoms with Crippen LogP contribution in [-0.2, 0) is 11.3 Å². The van der Waals surface area contributed by atoms with E-state index < -0.39 is 0 Å². The van der Waals surface area contributed by atoms with E-state index in [1.165, 1.54) is 0 Å². The van der Waals surface area contributed by atoms with Gasteiger partial charge in [0.25, 0.3) is 0 Å². The van der Waals surface area contributed by atoms with Crippen molar-refractivity contribution in [2.24, 2.45) is 5.92 Å². The van der Waals surface area contributed by atoms with Gasteiger partial charge in [0, 0.05) is 15.8 Å². The molecular weight excluding hydrogens is 318 g/mol. The number of rotatable bonds is 3. The number of hydrogen-bond acceptors (Lipinski definition) is 3. The number of nitrogens with one attached hydrogen (secondary N) is 1. The van der Waals surface area contributed by atoms with E-state index >= 15 is 0 Å². The minimum atomic E-state index is 0.0234. The third kappa shape index (κ3) is 3.01. The fourth-order valence-electron chi connectivity index (χ4n) is 2.63. The number of carbonyl (C=O) groups excluding carboxylic acids is 1. The molecule has 0 radical (unpaired) electrons. The molecule has 1 atom stereocenters. The summed E-state index contributed by atoms with van der Waals surface area (Å²) >= 11 is 7.91. The molecule has 0 saturated heterocycles. The van der Waals surface area contributed by atoms with Crippen LogP contribution in [0, 0.1) is 5.92 Å². The zero-order chi connectivity index (χ0) is 15.7. The highest BCUT2D eigenvalue weighted by Crippen LogP contribution is 2.41. The summed E-state index contributed by atoms with van der Waals surface area (Å²) < 4.78 is 1.83. The molecule has 2 heterocycles. The van der Waals surface area contributed by atoms with E-state index in [2.05, 4.69) is 24.3 Å². The van der Waals surface area contributed by atoms with E-state index in [9.17, 15) is 4.79 Å². The van der Waals surface area contributed by atoms with Crippen molar-refractivity contribution in [3.63, 3.8) is 0 Å². The molecule has 1 amide bonds. The third-order valence-electron chi connectivity index (χ3n) is 3.71. The Morgan fingerprint density at radius 3 is 2.95 bits per heavy atom. The normalized spacial score (nSPS) is 18.0. The fraction of sp³-hybridized carbons (Fsp3) is 0.375. The average Bonchev–Trinajstić information content (AvgIpc) is 2.76. The topological polar surface area (TPSA) is 46.9 Å². The number of thioether (sulfide) groups is 1. The Bertz CT molecular complexity index is 698. The molecule has 116 valence electrons. The number of hydrogen-bond donors (Lipinski definition) is 1. The van der Waals surface area contributed by atoms with Gasteiger partial charge in [0.2, 0.25) is 5.91 Å². The highest BCUT2D eigenvalue weighted by molar-refractivity contribution is 8.00. The molecule has 2 aromatic rings. The minimum absolute atomic E-state index is 0.0234. The number of amides is 1. The Morgan fingerprint density at radius 2 is 2.23 bits per heavy atom. The van der Waals surface area contributed by atoms with Crippen molar-refractivity contribution in [3.8, 4) is 0 Å². The molecule has 0 saturated carbocycles. The van der Waals surface area contributed by atoms with Crippen LogP contribution in [-0.4, -0.2) is 21.4 Å². The van der Waals surface area contributed by atoms with Crippen LogP contribution in [0.4, 0.5) is 5.82 Å². The number of anilines is 1. The first-order chi connectivity index (χ1) is 10.6. The summed E-state index contributed by atoms with van der Waals surface area (Å²) in [5, 5.41) is 8.45. The van der Waals surface area contributed by atoms with Crippen LogP contribution in [0.5, 0.6) is 0 Å². The largest absolute Gasteiger partial charge is 0.310 e. The van der Waals surface area contributed by atoms with Crippen molar-refractivity contribution in [1.82, 2.24) is 9.78 Å². The first-order valence-corrected chi connectivity index (χ1v) is 8.69. The van der Waals surface area contributed by atoms with Crippen LogP contribution in [0.1, 0.15) is 30.2 Å². The maximum Gasteiger partial charge on any atom is 0.235 e. The van der Waals surface area contributed by atoms with Crippen molar-refractivity contribution >= 4 is 35.1 Å². The number of halogens is 1. The van der Waals surface area contributed by atoms with E-state index in [4.69, 9.17) is 11.6 Å². The minimum Gasteiger partial charge on any atom is -0.310 e. The van der Waals surface area contributed by atoms with Gasteiger partial charge in [-0.05, 0) is 17.5 Å². The van der Waals surface area contributed by atoms with Crippen LogP contribution in [0.25, 0.3) is 0 Å². The van der Waals surface area contributed by atoms with E-state index in [0.29, 0.717) is 23.2 Å². The van der Waals surface area contributed by atoms with Crippen LogP contribution in [0.3, 0.4) is 0 Å². The van der Waals surface area contributed by atoms with Crippen molar-refractivity contribution in [2.75, 3.05) is 11.1 Å². The average molecular weight is 336 g/mol. The maximum absolute atomic E-state index is 12.0. The van der Waals surface area contributed by atoms with E-state index in [0.717, 1.165) is 16.9 Å². The second kappa shape index (κ2) is 6.34. The molecule has 0 aliphatic carbocycles. The molecule has 1 aromatic heterocycles. The summed E-state index contributed by atoms with van der Waals surface area (Å²) in [6.45, 7) is 4.88. The number of fused-ring (bicyclic) bond motifs is 1. The fourth-order valence-corrected chi connectivity index (χ4v) is 3.96. The van der Waals surface area contributed by atoms with Crippen LogP contribution < -0.4 is 5.32 Å². The smallest absolute Gasteiger partial charge is 0.235 e. The lowest BCUT2D eigenvalue weighted by Crippen LogP contribution is -2.17. The van der Waals surface area contributed by atoms with E-state index in [-0.39, 0.29) is 11.2 Å². The SMILES string of the molecule is CC(C)[C@@H]1SCC(=O)Nc2c1cnn2Cc1ccccc1Cl. The molecule has 0 bridgehead atoms. The Kier molecular flexibility index (Phi) is 4.45. The van der Waals surface area contributed by atoms with E-state index in [1.807, 2.05) is 35.1 Å². The Balaban J connectivity index is 1.98. The molecule has 6 heteroatoms. The second-order valence-electron chi connectivity index (χ2n) is 5.72. The van der Waals surface area contributed by atoms with Crippen molar-refractivity contribution < 1.29 is 4.79 Å². The van der Waals surface area contributed by atoms with Gasteiger partial charge in [-0.2, -0.15) is 5.10 Å². The van der Waals surface area contributed by atoms with Crippen molar-refractivity contribution in [1.29, 1.82) is 0 Å². The standard InChI is InChI=1S/C16H18ClN3OS/c1-10(2)15-12-7-18-20(16(12)19-14(21)9-22-15)8-11-5-3-4-6-13(11)17/h3-7,10,15H,8-9H2,1-2H3,(H,19,21)/t15-/m0/s1. The van der Waals surface area contributed by atoms with Crippen molar-refractivity contribution in [2.45, 2.75) is 25.6 Å². The van der Waals surface area contributed by atoms with Crippen molar-refractivity contribution in [3.05, 3.63) is 46.6 Å². The summed E-state index contributed by atoms with van der Waals surface area (Å²) in [6, 6.07) is 7.70. The molecule has 1 aliphatic rings. The van der Waals surface area contributed by atoms with Gasteiger partial charge in [-0.25, -0.2) is 4.68 Å². The molecule has 1 N–H and O–H groups in total. The predicted molar refractivity (Wildman–Crippen MR) is 91.4 cm³/mol. The Morgan fingerprint density at radius 1 is 1.45 bits per heavy atom. The number of aromatic nitrogens is 2. The molecule has 4 nitrogen and oxygen atoms in total. The molecular formula is C16H18ClN3OS. The first-order valence-electron chi connectivity index (χ1n) is 7.27. The highest BCUT2D eigenvalue weighted by atomic mass is 35.5. The Labute approximate surface area is 139 Å². The zero-order valence-electron chi connectivity index (χ0n) is 12.5. The first kappa shape index (κ1) is 15.4. The molecule has 3 rings (SSSR count). The van der Waals surface area contributed by atoms with Gasteiger partial charge in [-0.15, -0.1) is 11.8 Å². The van der Waals surface area contributed by atoms with Crippen LogP contribution in [0.15, 0.2) is 30.5 Å². The predicted octanol–water partition coefficient (Wildman–Crippen LogP) is 3.97. The lowest BCUT2D eigenvalue weighted by molar-refractivity contribution is -0.113. The van der Waals surface area contributed by atoms with Gasteiger partial charge in [-0.3, -0.25) is 4.79 Å². The molecule has 22 heavy (non-hydrogen) atoms. The second-order valence-corrected chi connectivity index (χ2v) is 7.26. The summed E-state index contributed by atoms with van der Waals surface area (Å²) in [4.78, 5) is 12.0. The van der Waals surface area contributed by atoms with Gasteiger partial charge >= 0.3 is 0 Å². The quantitative estimate of drug-likeness (QED) is 0.923.